The van der Waals surface area contributed by atoms with Gasteiger partial charge in [-0.05, 0) is 30.3 Å². The van der Waals surface area contributed by atoms with Crippen molar-refractivity contribution in [2.75, 3.05) is 28.4 Å². The molecule has 0 spiro atoms. The second-order valence-electron chi connectivity index (χ2n) is 5.23. The molecule has 1 heterocycles. The Labute approximate surface area is 144 Å². The fourth-order valence-corrected chi connectivity index (χ4v) is 2.61. The first kappa shape index (κ1) is 16.7. The normalized spacial score (nSPS) is 10.6. The smallest absolute Gasteiger partial charge is 0.235 e. The molecule has 3 rings (SSSR count). The number of benzene rings is 2. The Morgan fingerprint density at radius 3 is 2.04 bits per heavy atom. The molecule has 6 nitrogen and oxygen atoms in total. The minimum atomic E-state index is -0.299. The molecule has 0 N–H and O–H groups in total. The molecule has 0 aliphatic carbocycles. The highest BCUT2D eigenvalue weighted by Gasteiger charge is 2.20. The summed E-state index contributed by atoms with van der Waals surface area (Å²) in [5.74, 6) is 2.05. The van der Waals surface area contributed by atoms with E-state index in [1.54, 1.807) is 43.5 Å². The highest BCUT2D eigenvalue weighted by Crippen LogP contribution is 2.36. The van der Waals surface area contributed by atoms with Gasteiger partial charge >= 0.3 is 0 Å². The monoisotopic (exact) mass is 342 g/mol. The summed E-state index contributed by atoms with van der Waals surface area (Å²) in [7, 11) is 6.04. The molecule has 0 aliphatic rings. The van der Waals surface area contributed by atoms with Crippen LogP contribution >= 0.6 is 0 Å². The zero-order valence-electron chi connectivity index (χ0n) is 14.4. The van der Waals surface area contributed by atoms with Crippen molar-refractivity contribution < 1.29 is 23.4 Å². The molecule has 0 radical (unpaired) electrons. The Bertz CT molecular complexity index is 956. The first-order chi connectivity index (χ1) is 12.1. The first-order valence-corrected chi connectivity index (χ1v) is 7.54. The van der Waals surface area contributed by atoms with Crippen LogP contribution in [0.3, 0.4) is 0 Å². The van der Waals surface area contributed by atoms with Crippen LogP contribution < -0.4 is 24.4 Å². The van der Waals surface area contributed by atoms with E-state index in [-0.39, 0.29) is 11.2 Å². The summed E-state index contributed by atoms with van der Waals surface area (Å²) in [5, 5.41) is 0.324. The van der Waals surface area contributed by atoms with Crippen LogP contribution in [0.1, 0.15) is 0 Å². The van der Waals surface area contributed by atoms with Crippen LogP contribution in [-0.4, -0.2) is 28.4 Å². The Balaban J connectivity index is 2.33. The average molecular weight is 342 g/mol. The van der Waals surface area contributed by atoms with Crippen molar-refractivity contribution in [3.05, 3.63) is 46.6 Å². The maximum absolute atomic E-state index is 12.9. The van der Waals surface area contributed by atoms with E-state index in [0.717, 1.165) is 0 Å². The summed E-state index contributed by atoms with van der Waals surface area (Å²) in [5.41, 5.74) is 0.723. The van der Waals surface area contributed by atoms with Gasteiger partial charge in [0.05, 0.1) is 33.8 Å². The van der Waals surface area contributed by atoms with Gasteiger partial charge in [-0.2, -0.15) is 0 Å². The number of rotatable bonds is 5. The van der Waals surface area contributed by atoms with Crippen LogP contribution in [0, 0.1) is 0 Å². The predicted octanol–water partition coefficient (Wildman–Crippen LogP) is 3.49. The predicted molar refractivity (Wildman–Crippen MR) is 94.1 cm³/mol. The minimum absolute atomic E-state index is 0.118. The van der Waals surface area contributed by atoms with Crippen molar-refractivity contribution >= 4 is 11.0 Å². The summed E-state index contributed by atoms with van der Waals surface area (Å²) in [6.07, 6.45) is 0. The third-order valence-electron chi connectivity index (χ3n) is 3.90. The van der Waals surface area contributed by atoms with Gasteiger partial charge in [0.15, 0.2) is 17.1 Å². The fourth-order valence-electron chi connectivity index (χ4n) is 2.61. The molecule has 3 aromatic rings. The van der Waals surface area contributed by atoms with Crippen LogP contribution in [0.4, 0.5) is 0 Å². The van der Waals surface area contributed by atoms with Gasteiger partial charge < -0.3 is 23.4 Å². The van der Waals surface area contributed by atoms with Crippen molar-refractivity contribution in [3.63, 3.8) is 0 Å². The molecule has 1 aromatic heterocycles. The molecule has 0 saturated carbocycles. The highest BCUT2D eigenvalue weighted by molar-refractivity contribution is 5.88. The SMILES string of the molecule is COc1ccc(-c2oc3c(OC)cc(OC)cc3c(=O)c2OC)cc1. The summed E-state index contributed by atoms with van der Waals surface area (Å²) in [6, 6.07) is 10.4. The lowest BCUT2D eigenvalue weighted by Gasteiger charge is -2.12. The van der Waals surface area contributed by atoms with Gasteiger partial charge in [0, 0.05) is 11.6 Å². The lowest BCUT2D eigenvalue weighted by atomic mass is 10.1. The van der Waals surface area contributed by atoms with Crippen LogP contribution in [0.25, 0.3) is 22.3 Å². The number of fused-ring (bicyclic) bond motifs is 1. The molecule has 0 bridgehead atoms. The third-order valence-corrected chi connectivity index (χ3v) is 3.90. The maximum Gasteiger partial charge on any atom is 0.235 e. The van der Waals surface area contributed by atoms with Crippen molar-refractivity contribution in [3.8, 4) is 34.3 Å². The van der Waals surface area contributed by atoms with E-state index in [1.807, 2.05) is 0 Å². The molecule has 0 aliphatic heterocycles. The van der Waals surface area contributed by atoms with Gasteiger partial charge in [0.2, 0.25) is 11.2 Å². The van der Waals surface area contributed by atoms with Gasteiger partial charge in [-0.3, -0.25) is 4.79 Å². The van der Waals surface area contributed by atoms with E-state index in [2.05, 4.69) is 0 Å². The summed E-state index contributed by atoms with van der Waals surface area (Å²) in [6.45, 7) is 0. The van der Waals surface area contributed by atoms with Gasteiger partial charge in [-0.15, -0.1) is 0 Å². The lowest BCUT2D eigenvalue weighted by Crippen LogP contribution is -2.08. The van der Waals surface area contributed by atoms with E-state index in [9.17, 15) is 4.79 Å². The molecule has 25 heavy (non-hydrogen) atoms. The highest BCUT2D eigenvalue weighted by atomic mass is 16.5. The van der Waals surface area contributed by atoms with E-state index in [4.69, 9.17) is 23.4 Å². The molecule has 0 atom stereocenters. The number of methoxy groups -OCH3 is 4. The lowest BCUT2D eigenvalue weighted by molar-refractivity contribution is 0.384. The van der Waals surface area contributed by atoms with E-state index in [1.165, 1.54) is 21.3 Å². The van der Waals surface area contributed by atoms with Crippen LogP contribution in [0.2, 0.25) is 0 Å². The Kier molecular flexibility index (Phi) is 4.52. The van der Waals surface area contributed by atoms with E-state index in [0.29, 0.717) is 39.5 Å². The Morgan fingerprint density at radius 1 is 0.800 bits per heavy atom. The summed E-state index contributed by atoms with van der Waals surface area (Å²) >= 11 is 0. The molecular weight excluding hydrogens is 324 g/mol. The van der Waals surface area contributed by atoms with Crippen LogP contribution in [0.5, 0.6) is 23.0 Å². The van der Waals surface area contributed by atoms with E-state index < -0.39 is 0 Å². The zero-order valence-corrected chi connectivity index (χ0v) is 14.4. The quantitative estimate of drug-likeness (QED) is 0.707. The van der Waals surface area contributed by atoms with Crippen LogP contribution in [0.15, 0.2) is 45.6 Å². The summed E-state index contributed by atoms with van der Waals surface area (Å²) < 4.78 is 27.1. The van der Waals surface area contributed by atoms with Crippen molar-refractivity contribution in [1.82, 2.24) is 0 Å². The van der Waals surface area contributed by atoms with Gasteiger partial charge in [-0.25, -0.2) is 0 Å². The second-order valence-corrected chi connectivity index (χ2v) is 5.23. The number of hydrogen-bond donors (Lipinski definition) is 0. The average Bonchev–Trinajstić information content (AvgIpc) is 2.67. The Morgan fingerprint density at radius 2 is 1.48 bits per heavy atom. The van der Waals surface area contributed by atoms with Gasteiger partial charge in [0.1, 0.15) is 11.5 Å². The molecule has 0 saturated heterocycles. The molecule has 6 heteroatoms. The topological polar surface area (TPSA) is 67.1 Å². The molecule has 0 fully saturated rings. The fraction of sp³-hybridized carbons (Fsp3) is 0.211. The Hall–Kier alpha value is -3.15. The molecule has 130 valence electrons. The standard InChI is InChI=1S/C19H18O6/c1-21-12-7-5-11(6-8-12)17-19(24-4)16(20)14-9-13(22-2)10-15(23-3)18(14)25-17/h5-10H,1-4H3. The molecule has 2 aromatic carbocycles. The first-order valence-electron chi connectivity index (χ1n) is 7.54. The largest absolute Gasteiger partial charge is 0.497 e. The van der Waals surface area contributed by atoms with Gasteiger partial charge in [0.25, 0.3) is 0 Å². The number of hydrogen-bond acceptors (Lipinski definition) is 6. The zero-order chi connectivity index (χ0) is 18.0. The van der Waals surface area contributed by atoms with Gasteiger partial charge in [-0.1, -0.05) is 0 Å². The molecular formula is C19H18O6. The van der Waals surface area contributed by atoms with E-state index >= 15 is 0 Å². The van der Waals surface area contributed by atoms with Crippen molar-refractivity contribution in [1.29, 1.82) is 0 Å². The third kappa shape index (κ3) is 2.87. The number of ether oxygens (including phenoxy) is 4. The second kappa shape index (κ2) is 6.76. The maximum atomic E-state index is 12.9. The van der Waals surface area contributed by atoms with Crippen molar-refractivity contribution in [2.45, 2.75) is 0 Å². The summed E-state index contributed by atoms with van der Waals surface area (Å²) in [4.78, 5) is 12.9. The molecule has 0 amide bonds. The minimum Gasteiger partial charge on any atom is -0.497 e. The van der Waals surface area contributed by atoms with Crippen molar-refractivity contribution in [2.24, 2.45) is 0 Å². The molecule has 0 unspecified atom stereocenters. The van der Waals surface area contributed by atoms with Crippen LogP contribution in [-0.2, 0) is 0 Å².